The summed E-state index contributed by atoms with van der Waals surface area (Å²) in [5, 5.41) is 24.1. The number of fused-ring (bicyclic) bond motifs is 2. The van der Waals surface area contributed by atoms with Gasteiger partial charge >= 0.3 is 0 Å². The number of carbonyl (C=O) groups excluding carboxylic acids is 1. The van der Waals surface area contributed by atoms with E-state index in [1.54, 1.807) is 6.07 Å². The largest absolute Gasteiger partial charge is 0.352 e. The van der Waals surface area contributed by atoms with Gasteiger partial charge in [-0.2, -0.15) is 10.4 Å². The van der Waals surface area contributed by atoms with Crippen LogP contribution in [0.5, 0.6) is 0 Å². The summed E-state index contributed by atoms with van der Waals surface area (Å²) in [4.78, 5) is 11.8. The number of nitrogens with one attached hydrogen (secondary N) is 3. The van der Waals surface area contributed by atoms with Crippen molar-refractivity contribution in [1.82, 2.24) is 20.8 Å². The summed E-state index contributed by atoms with van der Waals surface area (Å²) in [5.74, 6) is -0.327. The predicted molar refractivity (Wildman–Crippen MR) is 129 cm³/mol. The molecule has 2 heterocycles. The van der Waals surface area contributed by atoms with Crippen LogP contribution < -0.4 is 10.6 Å². The Morgan fingerprint density at radius 3 is 2.71 bits per heavy atom. The number of aryl methyl sites for hydroxylation is 2. The topological polar surface area (TPSA) is 93.6 Å². The lowest BCUT2D eigenvalue weighted by atomic mass is 9.90. The third-order valence-corrected chi connectivity index (χ3v) is 6.47. The molecule has 6 nitrogen and oxygen atoms in total. The molecule has 1 aliphatic rings. The van der Waals surface area contributed by atoms with E-state index in [0.29, 0.717) is 41.7 Å². The van der Waals surface area contributed by atoms with E-state index in [0.717, 1.165) is 44.5 Å². The number of hydrogen-bond donors (Lipinski definition) is 3. The molecule has 0 saturated heterocycles. The number of H-pyrrole nitrogens is 1. The fourth-order valence-electron chi connectivity index (χ4n) is 4.90. The summed E-state index contributed by atoms with van der Waals surface area (Å²) >= 11 is 0. The number of rotatable bonds is 4. The number of halogens is 1. The van der Waals surface area contributed by atoms with Gasteiger partial charge < -0.3 is 10.6 Å². The highest BCUT2D eigenvalue weighted by atomic mass is 19.1. The van der Waals surface area contributed by atoms with E-state index in [9.17, 15) is 10.1 Å². The number of aromatic nitrogens is 2. The van der Waals surface area contributed by atoms with Crippen LogP contribution >= 0.6 is 0 Å². The van der Waals surface area contributed by atoms with Crippen molar-refractivity contribution >= 4 is 16.8 Å². The predicted octanol–water partition coefficient (Wildman–Crippen LogP) is 4.42. The van der Waals surface area contributed by atoms with Gasteiger partial charge in [0, 0.05) is 35.2 Å². The maximum atomic E-state index is 15.3. The quantitative estimate of drug-likeness (QED) is 0.427. The molecule has 3 N–H and O–H groups in total. The van der Waals surface area contributed by atoms with E-state index >= 15 is 4.39 Å². The van der Waals surface area contributed by atoms with Crippen LogP contribution in [0.4, 0.5) is 4.39 Å². The van der Waals surface area contributed by atoms with E-state index in [1.807, 2.05) is 45.2 Å². The molecule has 170 valence electrons. The first-order valence-electron chi connectivity index (χ1n) is 11.1. The Labute approximate surface area is 196 Å². The molecule has 7 heteroatoms. The van der Waals surface area contributed by atoms with Gasteiger partial charge in [-0.1, -0.05) is 6.07 Å². The Morgan fingerprint density at radius 1 is 1.15 bits per heavy atom. The van der Waals surface area contributed by atoms with Gasteiger partial charge in [0.15, 0.2) is 0 Å². The van der Waals surface area contributed by atoms with Crippen LogP contribution in [0.2, 0.25) is 0 Å². The summed E-state index contributed by atoms with van der Waals surface area (Å²) in [6, 6.07) is 13.3. The number of carbonyl (C=O) groups is 1. The van der Waals surface area contributed by atoms with Crippen molar-refractivity contribution in [2.24, 2.45) is 0 Å². The fraction of sp³-hybridized carbons (Fsp3) is 0.222. The molecule has 0 atom stereocenters. The summed E-state index contributed by atoms with van der Waals surface area (Å²) in [6.07, 6.45) is 0.376. The molecule has 4 aromatic rings. The zero-order valence-corrected chi connectivity index (χ0v) is 19.3. The van der Waals surface area contributed by atoms with Crippen molar-refractivity contribution < 1.29 is 9.18 Å². The average Bonchev–Trinajstić information content (AvgIpc) is 3.21. The Hall–Kier alpha value is -4.02. The molecule has 3 aromatic carbocycles. The summed E-state index contributed by atoms with van der Waals surface area (Å²) in [7, 11) is 1.82. The van der Waals surface area contributed by atoms with E-state index < -0.39 is 0 Å². The molecule has 0 fully saturated rings. The lowest BCUT2D eigenvalue weighted by Gasteiger charge is -2.20. The molecule has 1 amide bonds. The SMILES string of the molecule is CNCc1cc(C)c(-c2cc3c(-c4cc(C)c5c(c4)CNC(=O)C5)n[nH]c3cc2C#N)c(F)c1. The van der Waals surface area contributed by atoms with Gasteiger partial charge in [0.2, 0.25) is 5.91 Å². The molecule has 34 heavy (non-hydrogen) atoms. The van der Waals surface area contributed by atoms with Crippen LogP contribution in [0.15, 0.2) is 36.4 Å². The molecule has 5 rings (SSSR count). The lowest BCUT2D eigenvalue weighted by molar-refractivity contribution is -0.121. The second kappa shape index (κ2) is 8.40. The molecule has 1 aliphatic heterocycles. The van der Waals surface area contributed by atoms with Crippen molar-refractivity contribution in [3.63, 3.8) is 0 Å². The number of amides is 1. The maximum Gasteiger partial charge on any atom is 0.224 e. The molecule has 0 aliphatic carbocycles. The first-order chi connectivity index (χ1) is 16.4. The molecule has 1 aromatic heterocycles. The van der Waals surface area contributed by atoms with Crippen LogP contribution in [0, 0.1) is 31.0 Å². The van der Waals surface area contributed by atoms with Crippen LogP contribution in [0.3, 0.4) is 0 Å². The van der Waals surface area contributed by atoms with Gasteiger partial charge in [-0.05, 0) is 79.0 Å². The second-order valence-corrected chi connectivity index (χ2v) is 8.81. The number of benzene rings is 3. The number of nitrogens with zero attached hydrogens (tertiary/aromatic N) is 2. The normalized spacial score (nSPS) is 13.0. The lowest BCUT2D eigenvalue weighted by Crippen LogP contribution is -2.30. The molecular weight excluding hydrogens is 429 g/mol. The van der Waals surface area contributed by atoms with Crippen LogP contribution in [0.1, 0.15) is 33.4 Å². The summed E-state index contributed by atoms with van der Waals surface area (Å²) in [5.41, 5.74) is 8.49. The zero-order valence-electron chi connectivity index (χ0n) is 19.3. The smallest absolute Gasteiger partial charge is 0.224 e. The molecule has 0 spiro atoms. The third kappa shape index (κ3) is 3.62. The Morgan fingerprint density at radius 2 is 1.97 bits per heavy atom. The van der Waals surface area contributed by atoms with Gasteiger partial charge in [0.1, 0.15) is 5.82 Å². The average molecular weight is 454 g/mol. The van der Waals surface area contributed by atoms with Gasteiger partial charge in [0.25, 0.3) is 0 Å². The monoisotopic (exact) mass is 453 g/mol. The van der Waals surface area contributed by atoms with Crippen LogP contribution in [0.25, 0.3) is 33.3 Å². The van der Waals surface area contributed by atoms with Gasteiger partial charge in [-0.15, -0.1) is 0 Å². The minimum atomic E-state index is -0.355. The molecule has 0 radical (unpaired) electrons. The zero-order chi connectivity index (χ0) is 24.0. The van der Waals surface area contributed by atoms with E-state index in [2.05, 4.69) is 26.9 Å². The molecule has 0 unspecified atom stereocenters. The third-order valence-electron chi connectivity index (χ3n) is 6.47. The van der Waals surface area contributed by atoms with Gasteiger partial charge in [0.05, 0.1) is 29.3 Å². The highest BCUT2D eigenvalue weighted by Gasteiger charge is 2.21. The van der Waals surface area contributed by atoms with Crippen molar-refractivity contribution in [3.05, 3.63) is 75.6 Å². The van der Waals surface area contributed by atoms with Gasteiger partial charge in [-0.25, -0.2) is 4.39 Å². The first-order valence-corrected chi connectivity index (χ1v) is 11.1. The van der Waals surface area contributed by atoms with E-state index in [-0.39, 0.29) is 11.7 Å². The maximum absolute atomic E-state index is 15.3. The minimum absolute atomic E-state index is 0.0281. The highest BCUT2D eigenvalue weighted by Crippen LogP contribution is 2.37. The Bertz CT molecular complexity index is 1490. The molecule has 0 bridgehead atoms. The highest BCUT2D eigenvalue weighted by molar-refractivity contribution is 5.98. The summed E-state index contributed by atoms with van der Waals surface area (Å²) in [6.45, 7) is 4.91. The van der Waals surface area contributed by atoms with Crippen LogP contribution in [-0.4, -0.2) is 23.2 Å². The van der Waals surface area contributed by atoms with Crippen molar-refractivity contribution in [3.8, 4) is 28.5 Å². The minimum Gasteiger partial charge on any atom is -0.352 e. The van der Waals surface area contributed by atoms with Crippen molar-refractivity contribution in [2.45, 2.75) is 33.4 Å². The van der Waals surface area contributed by atoms with Crippen molar-refractivity contribution in [1.29, 1.82) is 5.26 Å². The number of nitriles is 1. The summed E-state index contributed by atoms with van der Waals surface area (Å²) < 4.78 is 15.3. The van der Waals surface area contributed by atoms with Crippen molar-refractivity contribution in [2.75, 3.05) is 7.05 Å². The first kappa shape index (κ1) is 21.8. The second-order valence-electron chi connectivity index (χ2n) is 8.81. The standard InChI is InChI=1S/C27H24FN5O/c1-14-5-17(7-19-13-31-25(34)10-20(14)19)27-22-9-21(18(11-29)8-24(22)32-33-27)26-15(2)4-16(12-30-3)6-23(26)28/h4-9,30H,10,12-13H2,1-3H3,(H,31,34)(H,32,33). The molecule has 0 saturated carbocycles. The number of aromatic amines is 1. The fourth-order valence-corrected chi connectivity index (χ4v) is 4.90. The number of hydrogen-bond acceptors (Lipinski definition) is 4. The van der Waals surface area contributed by atoms with Crippen LogP contribution in [-0.2, 0) is 24.3 Å². The van der Waals surface area contributed by atoms with Gasteiger partial charge in [-0.3, -0.25) is 9.89 Å². The Kier molecular flexibility index (Phi) is 5.39. The molecular formula is C27H24FN5O. The Balaban J connectivity index is 1.69. The van der Waals surface area contributed by atoms with E-state index in [4.69, 9.17) is 0 Å². The van der Waals surface area contributed by atoms with E-state index in [1.165, 1.54) is 6.07 Å².